The molecular weight excluding hydrogens is 302 g/mol. The van der Waals surface area contributed by atoms with Crippen molar-refractivity contribution in [2.75, 3.05) is 23.0 Å². The van der Waals surface area contributed by atoms with Crippen molar-refractivity contribution in [1.82, 2.24) is 4.98 Å². The van der Waals surface area contributed by atoms with Gasteiger partial charge >= 0.3 is 0 Å². The molecule has 1 aromatic heterocycles. The highest BCUT2D eigenvalue weighted by atomic mass is 32.2. The summed E-state index contributed by atoms with van der Waals surface area (Å²) in [4.78, 5) is 18.9. The Morgan fingerprint density at radius 1 is 1.48 bits per heavy atom. The number of hydrogen-bond acceptors (Lipinski definition) is 5. The van der Waals surface area contributed by atoms with Gasteiger partial charge in [0.2, 0.25) is 5.91 Å². The molecular formula is C15H19N3OS2. The predicted octanol–water partition coefficient (Wildman–Crippen LogP) is 3.85. The van der Waals surface area contributed by atoms with Crippen LogP contribution in [-0.4, -0.2) is 23.7 Å². The average Bonchev–Trinajstić information content (AvgIpc) is 2.94. The summed E-state index contributed by atoms with van der Waals surface area (Å²) < 4.78 is 0. The van der Waals surface area contributed by atoms with Gasteiger partial charge in [-0.15, -0.1) is 23.1 Å². The summed E-state index contributed by atoms with van der Waals surface area (Å²) in [6, 6.07) is 8.28. The summed E-state index contributed by atoms with van der Waals surface area (Å²) >= 11 is 3.22. The van der Waals surface area contributed by atoms with Crippen molar-refractivity contribution < 1.29 is 4.79 Å². The van der Waals surface area contributed by atoms with E-state index in [1.54, 1.807) is 23.6 Å². The smallest absolute Gasteiger partial charge is 0.225 e. The number of nitrogens with zero attached hydrogens (tertiary/aromatic N) is 2. The van der Waals surface area contributed by atoms with Gasteiger partial charge in [-0.2, -0.15) is 0 Å². The third kappa shape index (κ3) is 4.22. The summed E-state index contributed by atoms with van der Waals surface area (Å²) in [5, 5.41) is 6.12. The van der Waals surface area contributed by atoms with Crippen molar-refractivity contribution in [2.24, 2.45) is 0 Å². The highest BCUT2D eigenvalue weighted by Gasteiger charge is 2.13. The fourth-order valence-corrected chi connectivity index (χ4v) is 3.31. The van der Waals surface area contributed by atoms with E-state index < -0.39 is 0 Å². The topological polar surface area (TPSA) is 45.2 Å². The molecule has 1 amide bonds. The number of hydrogen-bond donors (Lipinski definition) is 1. The number of thioether (sulfide) groups is 1. The van der Waals surface area contributed by atoms with E-state index in [1.165, 1.54) is 16.2 Å². The first-order chi connectivity index (χ1) is 10.1. The van der Waals surface area contributed by atoms with E-state index in [0.29, 0.717) is 13.1 Å². The van der Waals surface area contributed by atoms with Gasteiger partial charge in [0, 0.05) is 29.4 Å². The Morgan fingerprint density at radius 3 is 2.95 bits per heavy atom. The van der Waals surface area contributed by atoms with Gasteiger partial charge in [-0.05, 0) is 31.4 Å². The van der Waals surface area contributed by atoms with E-state index >= 15 is 0 Å². The van der Waals surface area contributed by atoms with Crippen LogP contribution >= 0.6 is 23.1 Å². The Balaban J connectivity index is 2.00. The van der Waals surface area contributed by atoms with Crippen LogP contribution in [0.15, 0.2) is 34.5 Å². The minimum Gasteiger partial charge on any atom is -0.379 e. The lowest BCUT2D eigenvalue weighted by molar-refractivity contribution is -0.116. The lowest BCUT2D eigenvalue weighted by atomic mass is 10.3. The largest absolute Gasteiger partial charge is 0.379 e. The monoisotopic (exact) mass is 321 g/mol. The van der Waals surface area contributed by atoms with Crippen molar-refractivity contribution in [2.45, 2.75) is 25.3 Å². The van der Waals surface area contributed by atoms with Crippen LogP contribution in [0, 0.1) is 0 Å². The van der Waals surface area contributed by atoms with Gasteiger partial charge in [0.15, 0.2) is 5.13 Å². The van der Waals surface area contributed by atoms with Crippen molar-refractivity contribution in [3.05, 3.63) is 35.3 Å². The van der Waals surface area contributed by atoms with Gasteiger partial charge in [0.25, 0.3) is 0 Å². The molecule has 6 heteroatoms. The van der Waals surface area contributed by atoms with Crippen molar-refractivity contribution >= 4 is 39.8 Å². The molecule has 1 aromatic carbocycles. The summed E-state index contributed by atoms with van der Waals surface area (Å²) in [6.07, 6.45) is 2.06. The van der Waals surface area contributed by atoms with Crippen LogP contribution in [0.25, 0.3) is 0 Å². The zero-order valence-corrected chi connectivity index (χ0v) is 14.1. The van der Waals surface area contributed by atoms with E-state index in [4.69, 9.17) is 0 Å². The number of amides is 1. The summed E-state index contributed by atoms with van der Waals surface area (Å²) in [5.74, 6) is 0.0269. The molecule has 112 valence electrons. The second kappa shape index (κ2) is 7.47. The molecule has 0 saturated heterocycles. The predicted molar refractivity (Wildman–Crippen MR) is 91.4 cm³/mol. The summed E-state index contributed by atoms with van der Waals surface area (Å²) in [7, 11) is 0. The molecule has 0 aliphatic heterocycles. The van der Waals surface area contributed by atoms with E-state index in [-0.39, 0.29) is 5.91 Å². The Labute approximate surface area is 133 Å². The molecule has 0 bridgehead atoms. The van der Waals surface area contributed by atoms with Gasteiger partial charge in [-0.3, -0.25) is 9.69 Å². The standard InChI is InChI=1S/C15H19N3OS2/c1-4-18(11(2)19)15-17-13(10-21-15)9-16-12-6-5-7-14(8-12)20-3/h5-8,10,16H,4,9H2,1-3H3. The average molecular weight is 321 g/mol. The molecule has 1 heterocycles. The SMILES string of the molecule is CCN(C(C)=O)c1nc(CNc2cccc(SC)c2)cs1. The number of carbonyl (C=O) groups excluding carboxylic acids is 1. The second-order valence-electron chi connectivity index (χ2n) is 4.47. The third-order valence-electron chi connectivity index (χ3n) is 3.01. The van der Waals surface area contributed by atoms with Crippen LogP contribution in [0.3, 0.4) is 0 Å². The van der Waals surface area contributed by atoms with Crippen LogP contribution in [0.5, 0.6) is 0 Å². The molecule has 0 unspecified atom stereocenters. The number of benzene rings is 1. The fourth-order valence-electron chi connectivity index (χ4n) is 1.92. The number of carbonyl (C=O) groups is 1. The summed E-state index contributed by atoms with van der Waals surface area (Å²) in [6.45, 7) is 4.82. The fraction of sp³-hybridized carbons (Fsp3) is 0.333. The molecule has 0 aliphatic carbocycles. The van der Waals surface area contributed by atoms with Gasteiger partial charge in [-0.25, -0.2) is 4.98 Å². The van der Waals surface area contributed by atoms with Gasteiger partial charge in [0.1, 0.15) is 0 Å². The minimum absolute atomic E-state index is 0.0269. The minimum atomic E-state index is 0.0269. The number of anilines is 2. The van der Waals surface area contributed by atoms with Crippen LogP contribution < -0.4 is 10.2 Å². The second-order valence-corrected chi connectivity index (χ2v) is 6.19. The van der Waals surface area contributed by atoms with Crippen LogP contribution in [0.1, 0.15) is 19.5 Å². The maximum Gasteiger partial charge on any atom is 0.225 e. The van der Waals surface area contributed by atoms with Crippen molar-refractivity contribution in [3.63, 3.8) is 0 Å². The molecule has 0 spiro atoms. The number of thiazole rings is 1. The lowest BCUT2D eigenvalue weighted by Crippen LogP contribution is -2.27. The van der Waals surface area contributed by atoms with E-state index in [0.717, 1.165) is 16.5 Å². The van der Waals surface area contributed by atoms with Gasteiger partial charge < -0.3 is 5.32 Å². The maximum atomic E-state index is 11.5. The Bertz CT molecular complexity index is 612. The van der Waals surface area contributed by atoms with Crippen LogP contribution in [-0.2, 0) is 11.3 Å². The maximum absolute atomic E-state index is 11.5. The molecule has 0 atom stereocenters. The zero-order valence-electron chi connectivity index (χ0n) is 12.4. The molecule has 4 nitrogen and oxygen atoms in total. The molecule has 0 saturated carbocycles. The van der Waals surface area contributed by atoms with Crippen molar-refractivity contribution in [3.8, 4) is 0 Å². The Hall–Kier alpha value is -1.53. The lowest BCUT2D eigenvalue weighted by Gasteiger charge is -2.14. The molecule has 2 aromatic rings. The number of aromatic nitrogens is 1. The van der Waals surface area contributed by atoms with Crippen LogP contribution in [0.4, 0.5) is 10.8 Å². The van der Waals surface area contributed by atoms with Crippen molar-refractivity contribution in [1.29, 1.82) is 0 Å². The van der Waals surface area contributed by atoms with E-state index in [2.05, 4.69) is 28.7 Å². The molecule has 0 radical (unpaired) electrons. The molecule has 2 rings (SSSR count). The van der Waals surface area contributed by atoms with Gasteiger partial charge in [-0.1, -0.05) is 6.07 Å². The van der Waals surface area contributed by atoms with Crippen LogP contribution in [0.2, 0.25) is 0 Å². The first-order valence-corrected chi connectivity index (χ1v) is 8.85. The first kappa shape index (κ1) is 15.9. The number of nitrogens with one attached hydrogen (secondary N) is 1. The summed E-state index contributed by atoms with van der Waals surface area (Å²) in [5.41, 5.74) is 2.03. The third-order valence-corrected chi connectivity index (χ3v) is 4.65. The number of rotatable bonds is 6. The zero-order chi connectivity index (χ0) is 15.2. The first-order valence-electron chi connectivity index (χ1n) is 6.74. The van der Waals surface area contributed by atoms with Gasteiger partial charge in [0.05, 0.1) is 12.2 Å². The van der Waals surface area contributed by atoms with E-state index in [9.17, 15) is 4.79 Å². The molecule has 21 heavy (non-hydrogen) atoms. The normalized spacial score (nSPS) is 10.4. The molecule has 0 fully saturated rings. The Morgan fingerprint density at radius 2 is 2.29 bits per heavy atom. The Kier molecular flexibility index (Phi) is 5.64. The highest BCUT2D eigenvalue weighted by Crippen LogP contribution is 2.22. The molecule has 1 N–H and O–H groups in total. The molecule has 0 aliphatic rings. The highest BCUT2D eigenvalue weighted by molar-refractivity contribution is 7.98. The quantitative estimate of drug-likeness (QED) is 0.821. The van der Waals surface area contributed by atoms with E-state index in [1.807, 2.05) is 24.4 Å².